The number of aromatic nitrogens is 2. The van der Waals surface area contributed by atoms with Gasteiger partial charge in [0.15, 0.2) is 6.61 Å². The van der Waals surface area contributed by atoms with Gasteiger partial charge in [0.25, 0.3) is 11.8 Å². The molecule has 6 nitrogen and oxygen atoms in total. The van der Waals surface area contributed by atoms with Crippen LogP contribution >= 0.6 is 27.5 Å². The number of hydrogen-bond donors (Lipinski definition) is 1. The molecule has 0 bridgehead atoms. The molecule has 0 fully saturated rings. The summed E-state index contributed by atoms with van der Waals surface area (Å²) in [6.07, 6.45) is 0. The van der Waals surface area contributed by atoms with E-state index in [2.05, 4.69) is 26.1 Å². The normalized spacial score (nSPS) is 10.6. The van der Waals surface area contributed by atoms with Gasteiger partial charge in [-0.3, -0.25) is 4.79 Å². The van der Waals surface area contributed by atoms with E-state index in [0.717, 1.165) is 10.0 Å². The molecule has 1 amide bonds. The number of rotatable bonds is 5. The summed E-state index contributed by atoms with van der Waals surface area (Å²) in [4.78, 5) is 11.4. The number of carbonyl (C=O) groups is 1. The fourth-order valence-corrected chi connectivity index (χ4v) is 2.57. The number of hydrogen-bond acceptors (Lipinski definition) is 5. The van der Waals surface area contributed by atoms with Crippen LogP contribution in [0.25, 0.3) is 11.5 Å². The Morgan fingerprint density at radius 2 is 2.08 bits per heavy atom. The third kappa shape index (κ3) is 3.74. The minimum Gasteiger partial charge on any atom is -0.483 e. The molecular weight excluding hydrogens is 398 g/mol. The average molecular weight is 409 g/mol. The van der Waals surface area contributed by atoms with Gasteiger partial charge in [-0.05, 0) is 36.4 Å². The van der Waals surface area contributed by atoms with Gasteiger partial charge in [-0.15, -0.1) is 10.2 Å². The molecule has 0 radical (unpaired) electrons. The smallest absolute Gasteiger partial charge is 0.254 e. The summed E-state index contributed by atoms with van der Waals surface area (Å²) < 4.78 is 12.0. The van der Waals surface area contributed by atoms with Gasteiger partial charge in [0, 0.05) is 15.1 Å². The molecule has 3 aromatic rings. The van der Waals surface area contributed by atoms with Crippen molar-refractivity contribution in [3.8, 4) is 17.2 Å². The minimum atomic E-state index is -0.609. The van der Waals surface area contributed by atoms with E-state index in [9.17, 15) is 4.79 Å². The van der Waals surface area contributed by atoms with Crippen molar-refractivity contribution in [2.45, 2.75) is 6.61 Å². The SMILES string of the molecule is NC(=O)c1ccc(Cl)cc1OCc1nnc(-c2cccc(Br)c2)o1. The molecule has 122 valence electrons. The molecule has 0 atom stereocenters. The van der Waals surface area contributed by atoms with Gasteiger partial charge in [-0.1, -0.05) is 33.6 Å². The van der Waals surface area contributed by atoms with Crippen molar-refractivity contribution in [1.29, 1.82) is 0 Å². The van der Waals surface area contributed by atoms with Crippen LogP contribution in [0.2, 0.25) is 5.02 Å². The zero-order valence-corrected chi connectivity index (χ0v) is 14.5. The first kappa shape index (κ1) is 16.5. The third-order valence-corrected chi connectivity index (χ3v) is 3.83. The lowest BCUT2D eigenvalue weighted by Gasteiger charge is -2.07. The van der Waals surface area contributed by atoms with Crippen LogP contribution < -0.4 is 10.5 Å². The number of benzene rings is 2. The van der Waals surface area contributed by atoms with Gasteiger partial charge < -0.3 is 14.9 Å². The second-order valence-corrected chi connectivity index (χ2v) is 6.16. The highest BCUT2D eigenvalue weighted by molar-refractivity contribution is 9.10. The Kier molecular flexibility index (Phi) is 4.82. The molecule has 0 unspecified atom stereocenters. The first-order chi connectivity index (χ1) is 11.5. The lowest BCUT2D eigenvalue weighted by molar-refractivity contribution is 0.0995. The molecule has 3 rings (SSSR count). The van der Waals surface area contributed by atoms with Crippen LogP contribution in [-0.2, 0) is 6.61 Å². The standard InChI is InChI=1S/C16H11BrClN3O3/c17-10-3-1-2-9(6-10)16-21-20-14(24-16)8-23-13-7-11(18)4-5-12(13)15(19)22/h1-7H,8H2,(H2,19,22). The Labute approximate surface area is 150 Å². The van der Waals surface area contributed by atoms with Crippen molar-refractivity contribution in [2.24, 2.45) is 5.73 Å². The largest absolute Gasteiger partial charge is 0.483 e. The predicted octanol–water partition coefficient (Wildman–Crippen LogP) is 3.83. The lowest BCUT2D eigenvalue weighted by Crippen LogP contribution is -2.13. The van der Waals surface area contributed by atoms with E-state index in [-0.39, 0.29) is 23.8 Å². The maximum atomic E-state index is 11.4. The Bertz CT molecular complexity index is 898. The Balaban J connectivity index is 1.77. The number of halogens is 2. The highest BCUT2D eigenvalue weighted by Gasteiger charge is 2.13. The second kappa shape index (κ2) is 7.02. The van der Waals surface area contributed by atoms with E-state index in [1.165, 1.54) is 12.1 Å². The van der Waals surface area contributed by atoms with Gasteiger partial charge in [-0.2, -0.15) is 0 Å². The van der Waals surface area contributed by atoms with Crippen LogP contribution in [0.5, 0.6) is 5.75 Å². The molecule has 0 aliphatic carbocycles. The van der Waals surface area contributed by atoms with Gasteiger partial charge in [0.2, 0.25) is 5.89 Å². The fourth-order valence-electron chi connectivity index (χ4n) is 2.01. The van der Waals surface area contributed by atoms with E-state index >= 15 is 0 Å². The summed E-state index contributed by atoms with van der Waals surface area (Å²) in [5, 5.41) is 8.33. The maximum absolute atomic E-state index is 11.4. The number of nitrogens with two attached hydrogens (primary N) is 1. The topological polar surface area (TPSA) is 91.2 Å². The highest BCUT2D eigenvalue weighted by Crippen LogP contribution is 2.25. The molecule has 0 aliphatic rings. The average Bonchev–Trinajstić information content (AvgIpc) is 3.01. The summed E-state index contributed by atoms with van der Waals surface area (Å²) in [6, 6.07) is 12.0. The van der Waals surface area contributed by atoms with E-state index in [1.54, 1.807) is 6.07 Å². The molecule has 8 heteroatoms. The van der Waals surface area contributed by atoms with Gasteiger partial charge >= 0.3 is 0 Å². The second-order valence-electron chi connectivity index (χ2n) is 4.80. The van der Waals surface area contributed by atoms with Crippen molar-refractivity contribution in [3.63, 3.8) is 0 Å². The lowest BCUT2D eigenvalue weighted by atomic mass is 10.2. The molecule has 2 aromatic carbocycles. The van der Waals surface area contributed by atoms with Crippen LogP contribution in [0, 0.1) is 0 Å². The van der Waals surface area contributed by atoms with Crippen LogP contribution in [-0.4, -0.2) is 16.1 Å². The first-order valence-corrected chi connectivity index (χ1v) is 8.00. The van der Waals surface area contributed by atoms with Crippen molar-refractivity contribution in [2.75, 3.05) is 0 Å². The summed E-state index contributed by atoms with van der Waals surface area (Å²) in [7, 11) is 0. The highest BCUT2D eigenvalue weighted by atomic mass is 79.9. The molecule has 1 aromatic heterocycles. The van der Waals surface area contributed by atoms with Gasteiger partial charge in [0.1, 0.15) is 5.75 Å². The van der Waals surface area contributed by atoms with Crippen molar-refractivity contribution in [3.05, 3.63) is 63.4 Å². The van der Waals surface area contributed by atoms with Gasteiger partial charge in [-0.25, -0.2) is 0 Å². The number of carbonyl (C=O) groups excluding carboxylic acids is 1. The number of ether oxygens (including phenoxy) is 1. The van der Waals surface area contributed by atoms with Crippen molar-refractivity contribution in [1.82, 2.24) is 10.2 Å². The fraction of sp³-hybridized carbons (Fsp3) is 0.0625. The molecule has 1 heterocycles. The van der Waals surface area contributed by atoms with E-state index in [0.29, 0.717) is 10.9 Å². The van der Waals surface area contributed by atoms with E-state index in [4.69, 9.17) is 26.5 Å². The van der Waals surface area contributed by atoms with Gasteiger partial charge in [0.05, 0.1) is 5.56 Å². The van der Waals surface area contributed by atoms with Crippen molar-refractivity contribution < 1.29 is 13.9 Å². The number of nitrogens with zero attached hydrogens (tertiary/aromatic N) is 2. The molecule has 0 spiro atoms. The predicted molar refractivity (Wildman–Crippen MR) is 91.7 cm³/mol. The third-order valence-electron chi connectivity index (χ3n) is 3.10. The first-order valence-electron chi connectivity index (χ1n) is 6.83. The van der Waals surface area contributed by atoms with Crippen LogP contribution in [0.3, 0.4) is 0 Å². The summed E-state index contributed by atoms with van der Waals surface area (Å²) >= 11 is 9.30. The minimum absolute atomic E-state index is 0.0123. The van der Waals surface area contributed by atoms with Crippen LogP contribution in [0.4, 0.5) is 0 Å². The number of primary amides is 1. The molecule has 0 aliphatic heterocycles. The Morgan fingerprint density at radius 1 is 1.25 bits per heavy atom. The summed E-state index contributed by atoms with van der Waals surface area (Å²) in [5.74, 6) is 0.288. The Morgan fingerprint density at radius 3 is 2.83 bits per heavy atom. The number of amides is 1. The Hall–Kier alpha value is -2.38. The quantitative estimate of drug-likeness (QED) is 0.693. The zero-order valence-electron chi connectivity index (χ0n) is 12.2. The summed E-state index contributed by atoms with van der Waals surface area (Å²) in [5.41, 5.74) is 6.32. The monoisotopic (exact) mass is 407 g/mol. The van der Waals surface area contributed by atoms with Crippen molar-refractivity contribution >= 4 is 33.4 Å². The zero-order chi connectivity index (χ0) is 17.1. The van der Waals surface area contributed by atoms with E-state index < -0.39 is 5.91 Å². The van der Waals surface area contributed by atoms with E-state index in [1.807, 2.05) is 24.3 Å². The molecular formula is C16H11BrClN3O3. The van der Waals surface area contributed by atoms with Crippen LogP contribution in [0.1, 0.15) is 16.2 Å². The van der Waals surface area contributed by atoms with Crippen LogP contribution in [0.15, 0.2) is 51.4 Å². The molecule has 2 N–H and O–H groups in total. The summed E-state index contributed by atoms with van der Waals surface area (Å²) in [6.45, 7) is -0.0123. The maximum Gasteiger partial charge on any atom is 0.254 e. The molecule has 0 saturated heterocycles. The molecule has 24 heavy (non-hydrogen) atoms. The molecule has 0 saturated carbocycles.